The Morgan fingerprint density at radius 2 is 1.90 bits per heavy atom. The van der Waals surface area contributed by atoms with Crippen LogP contribution in [0.2, 0.25) is 0 Å². The molecule has 1 aliphatic carbocycles. The summed E-state index contributed by atoms with van der Waals surface area (Å²) in [5.41, 5.74) is 2.16. The number of methoxy groups -OCH3 is 1. The normalized spacial score (nSPS) is 21.2. The predicted molar refractivity (Wildman–Crippen MR) is 115 cm³/mol. The lowest BCUT2D eigenvalue weighted by atomic mass is 9.69. The summed E-state index contributed by atoms with van der Waals surface area (Å²) in [5.74, 6) is 0.991. The predicted octanol–water partition coefficient (Wildman–Crippen LogP) is 5.02. The van der Waals surface area contributed by atoms with Crippen LogP contribution in [0.1, 0.15) is 44.6 Å². The van der Waals surface area contributed by atoms with E-state index in [0.29, 0.717) is 24.4 Å². The van der Waals surface area contributed by atoms with E-state index in [1.165, 1.54) is 0 Å². The third-order valence-corrected chi connectivity index (χ3v) is 6.07. The number of hydrogen-bond acceptors (Lipinski definition) is 4. The van der Waals surface area contributed by atoms with E-state index in [1.54, 1.807) is 18.2 Å². The lowest BCUT2D eigenvalue weighted by molar-refractivity contribution is -0.121. The zero-order valence-electron chi connectivity index (χ0n) is 16.7. The highest BCUT2D eigenvalue weighted by molar-refractivity contribution is 9.10. The molecule has 0 saturated carbocycles. The Morgan fingerprint density at radius 3 is 2.59 bits per heavy atom. The van der Waals surface area contributed by atoms with Gasteiger partial charge in [-0.05, 0) is 46.0 Å². The van der Waals surface area contributed by atoms with Crippen LogP contribution in [-0.2, 0) is 9.59 Å². The first-order valence-electron chi connectivity index (χ1n) is 9.64. The molecule has 29 heavy (non-hydrogen) atoms. The summed E-state index contributed by atoms with van der Waals surface area (Å²) >= 11 is 3.39. The molecule has 0 fully saturated rings. The first-order chi connectivity index (χ1) is 13.8. The highest BCUT2D eigenvalue weighted by atomic mass is 79.9. The van der Waals surface area contributed by atoms with Gasteiger partial charge < -0.3 is 4.74 Å². The van der Waals surface area contributed by atoms with Crippen LogP contribution in [0.15, 0.2) is 58.3 Å². The van der Waals surface area contributed by atoms with Crippen molar-refractivity contribution in [2.24, 2.45) is 5.41 Å². The summed E-state index contributed by atoms with van der Waals surface area (Å²) in [4.78, 5) is 32.7. The van der Waals surface area contributed by atoms with Gasteiger partial charge in [-0.15, -0.1) is 0 Å². The fourth-order valence-corrected chi connectivity index (χ4v) is 4.64. The van der Waals surface area contributed by atoms with E-state index in [1.807, 2.05) is 36.4 Å². The first-order valence-corrected chi connectivity index (χ1v) is 10.4. The molecular formula is C23H23BrN2O3. The van der Waals surface area contributed by atoms with Crippen LogP contribution in [0, 0.1) is 5.41 Å². The number of ketones is 1. The summed E-state index contributed by atoms with van der Waals surface area (Å²) < 4.78 is 6.38. The molecule has 2 aromatic rings. The smallest absolute Gasteiger partial charge is 0.233 e. The number of halogens is 1. The van der Waals surface area contributed by atoms with Crippen molar-refractivity contribution in [1.82, 2.24) is 4.98 Å². The van der Waals surface area contributed by atoms with E-state index in [-0.39, 0.29) is 29.4 Å². The van der Waals surface area contributed by atoms with Crippen molar-refractivity contribution in [3.05, 3.63) is 63.9 Å². The highest BCUT2D eigenvalue weighted by Gasteiger charge is 2.45. The van der Waals surface area contributed by atoms with Crippen molar-refractivity contribution in [1.29, 1.82) is 0 Å². The third kappa shape index (κ3) is 3.62. The largest absolute Gasteiger partial charge is 0.496 e. The molecule has 1 aromatic carbocycles. The second-order valence-electron chi connectivity index (χ2n) is 8.36. The number of allylic oxidation sites excluding steroid dienone is 2. The number of nitrogens with zero attached hydrogens (tertiary/aromatic N) is 2. The van der Waals surface area contributed by atoms with Gasteiger partial charge in [0.15, 0.2) is 5.78 Å². The third-order valence-electron chi connectivity index (χ3n) is 5.60. The van der Waals surface area contributed by atoms with Crippen molar-refractivity contribution in [2.75, 3.05) is 12.0 Å². The number of para-hydroxylation sites is 1. The molecule has 0 bridgehead atoms. The standard InChI is InChI=1S/C23H23BrN2O3/c1-23(2)11-17-22(18(27)12-23)16(15-6-4-5-7-19(15)29-3)10-21(28)26(17)20-9-8-14(24)13-25-20/h4-9,13,16H,10-12H2,1-3H3. The fourth-order valence-electron chi connectivity index (χ4n) is 4.40. The number of Topliss-reactive ketones (excluding diaryl/α,β-unsaturated/α-hetero) is 1. The Balaban J connectivity index is 1.91. The maximum atomic E-state index is 13.3. The number of rotatable bonds is 3. The molecule has 0 saturated heterocycles. The molecule has 6 heteroatoms. The maximum Gasteiger partial charge on any atom is 0.233 e. The van der Waals surface area contributed by atoms with Crippen LogP contribution in [0.25, 0.3) is 0 Å². The van der Waals surface area contributed by atoms with Crippen LogP contribution in [0.4, 0.5) is 5.82 Å². The molecule has 1 amide bonds. The van der Waals surface area contributed by atoms with Crippen LogP contribution in [-0.4, -0.2) is 23.8 Å². The molecule has 4 rings (SSSR count). The van der Waals surface area contributed by atoms with Gasteiger partial charge in [-0.25, -0.2) is 4.98 Å². The fraction of sp³-hybridized carbons (Fsp3) is 0.348. The van der Waals surface area contributed by atoms with Gasteiger partial charge in [0.05, 0.1) is 7.11 Å². The van der Waals surface area contributed by atoms with Crippen molar-refractivity contribution in [3.63, 3.8) is 0 Å². The van der Waals surface area contributed by atoms with Gasteiger partial charge in [-0.1, -0.05) is 32.0 Å². The van der Waals surface area contributed by atoms with Gasteiger partial charge in [-0.2, -0.15) is 0 Å². The monoisotopic (exact) mass is 454 g/mol. The van der Waals surface area contributed by atoms with Gasteiger partial charge in [0, 0.05) is 46.3 Å². The number of carbonyl (C=O) groups is 2. The number of amides is 1. The molecular weight excluding hydrogens is 432 g/mol. The number of pyridine rings is 1. The molecule has 0 N–H and O–H groups in total. The Bertz CT molecular complexity index is 1010. The molecule has 1 atom stereocenters. The van der Waals surface area contributed by atoms with Gasteiger partial charge in [0.25, 0.3) is 0 Å². The van der Waals surface area contributed by atoms with E-state index in [4.69, 9.17) is 4.74 Å². The Morgan fingerprint density at radius 1 is 1.14 bits per heavy atom. The molecule has 1 aromatic heterocycles. The van der Waals surface area contributed by atoms with Crippen LogP contribution < -0.4 is 9.64 Å². The van der Waals surface area contributed by atoms with E-state index >= 15 is 0 Å². The lowest BCUT2D eigenvalue weighted by Crippen LogP contribution is -2.44. The van der Waals surface area contributed by atoms with Gasteiger partial charge in [0.2, 0.25) is 5.91 Å². The zero-order chi connectivity index (χ0) is 20.8. The number of aromatic nitrogens is 1. The average molecular weight is 455 g/mol. The summed E-state index contributed by atoms with van der Waals surface area (Å²) in [7, 11) is 1.61. The Kier molecular flexibility index (Phi) is 5.07. The average Bonchev–Trinajstić information content (AvgIpc) is 2.67. The van der Waals surface area contributed by atoms with E-state index < -0.39 is 0 Å². The molecule has 1 aliphatic heterocycles. The van der Waals surface area contributed by atoms with Crippen molar-refractivity contribution in [3.8, 4) is 5.75 Å². The molecule has 0 spiro atoms. The second-order valence-corrected chi connectivity index (χ2v) is 9.28. The highest BCUT2D eigenvalue weighted by Crippen LogP contribution is 2.49. The summed E-state index contributed by atoms with van der Waals surface area (Å²) in [5, 5.41) is 0. The minimum Gasteiger partial charge on any atom is -0.496 e. The Hall–Kier alpha value is -2.47. The van der Waals surface area contributed by atoms with Crippen molar-refractivity contribution >= 4 is 33.4 Å². The number of hydrogen-bond donors (Lipinski definition) is 0. The molecule has 150 valence electrons. The van der Waals surface area contributed by atoms with E-state index in [2.05, 4.69) is 34.8 Å². The Labute approximate surface area is 178 Å². The molecule has 2 aliphatic rings. The van der Waals surface area contributed by atoms with Crippen molar-refractivity contribution in [2.45, 2.75) is 39.0 Å². The number of benzene rings is 1. The van der Waals surface area contributed by atoms with Crippen LogP contribution >= 0.6 is 15.9 Å². The number of ether oxygens (including phenoxy) is 1. The van der Waals surface area contributed by atoms with Gasteiger partial charge in [0.1, 0.15) is 11.6 Å². The van der Waals surface area contributed by atoms with Crippen LogP contribution in [0.5, 0.6) is 5.75 Å². The first kappa shape index (κ1) is 19.8. The minimum absolute atomic E-state index is 0.0556. The molecule has 1 unspecified atom stereocenters. The zero-order valence-corrected chi connectivity index (χ0v) is 18.3. The summed E-state index contributed by atoms with van der Waals surface area (Å²) in [6, 6.07) is 11.3. The molecule has 0 radical (unpaired) electrons. The van der Waals surface area contributed by atoms with Crippen LogP contribution in [0.3, 0.4) is 0 Å². The SMILES string of the molecule is COc1ccccc1C1CC(=O)N(c2ccc(Br)cn2)C2=C1C(=O)CC(C)(C)C2. The second kappa shape index (κ2) is 7.41. The van der Waals surface area contributed by atoms with E-state index in [9.17, 15) is 9.59 Å². The topological polar surface area (TPSA) is 59.5 Å². The van der Waals surface area contributed by atoms with Gasteiger partial charge in [-0.3, -0.25) is 14.5 Å². The summed E-state index contributed by atoms with van der Waals surface area (Å²) in [6.07, 6.45) is 2.99. The molecule has 2 heterocycles. The minimum atomic E-state index is -0.302. The van der Waals surface area contributed by atoms with Crippen molar-refractivity contribution < 1.29 is 14.3 Å². The number of carbonyl (C=O) groups excluding carboxylic acids is 2. The maximum absolute atomic E-state index is 13.3. The van der Waals surface area contributed by atoms with E-state index in [0.717, 1.165) is 21.3 Å². The number of anilines is 1. The lowest BCUT2D eigenvalue weighted by Gasteiger charge is -2.42. The van der Waals surface area contributed by atoms with Gasteiger partial charge >= 0.3 is 0 Å². The quantitative estimate of drug-likeness (QED) is 0.653. The molecule has 5 nitrogen and oxygen atoms in total. The summed E-state index contributed by atoms with van der Waals surface area (Å²) in [6.45, 7) is 4.14.